The van der Waals surface area contributed by atoms with E-state index in [4.69, 9.17) is 14.1 Å². The number of hydrogen-bond donors (Lipinski definition) is 1. The third-order valence-corrected chi connectivity index (χ3v) is 12.5. The van der Waals surface area contributed by atoms with Crippen molar-refractivity contribution in [1.82, 2.24) is 14.5 Å². The molecule has 2 heterocycles. The van der Waals surface area contributed by atoms with Crippen LogP contribution < -0.4 is 0 Å². The third-order valence-electron chi connectivity index (χ3n) is 12.5. The van der Waals surface area contributed by atoms with E-state index in [0.29, 0.717) is 17.0 Å². The van der Waals surface area contributed by atoms with E-state index in [2.05, 4.69) is 150 Å². The Morgan fingerprint density at radius 2 is 1.31 bits per heavy atom. The molecule has 0 aliphatic heterocycles. The summed E-state index contributed by atoms with van der Waals surface area (Å²) in [4.78, 5) is 10.5. The molecule has 0 saturated heterocycles. The van der Waals surface area contributed by atoms with Crippen molar-refractivity contribution in [3.05, 3.63) is 192 Å². The fourth-order valence-electron chi connectivity index (χ4n) is 8.54. The van der Waals surface area contributed by atoms with Crippen molar-refractivity contribution in [2.75, 3.05) is 0 Å². The molecule has 0 unspecified atom stereocenters. The van der Waals surface area contributed by atoms with E-state index >= 15 is 0 Å². The molecule has 0 atom stereocenters. The Hall–Kier alpha value is -6.35. The van der Waals surface area contributed by atoms with Crippen molar-refractivity contribution in [2.45, 2.75) is 72.6 Å². The monoisotopic (exact) mass is 1020 g/mol. The van der Waals surface area contributed by atoms with E-state index in [-0.39, 0.29) is 37.6 Å². The Labute approximate surface area is 397 Å². The number of fused-ring (bicyclic) bond motifs is 1. The van der Waals surface area contributed by atoms with Gasteiger partial charge in [-0.05, 0) is 94.7 Å². The maximum Gasteiger partial charge on any atom is 0.148 e. The summed E-state index contributed by atoms with van der Waals surface area (Å²) in [5.41, 5.74) is 15.6. The van der Waals surface area contributed by atoms with E-state index in [1.165, 1.54) is 5.56 Å². The molecule has 0 amide bonds. The number of phenols is 1. The summed E-state index contributed by atoms with van der Waals surface area (Å²) in [6.45, 7) is 13.1. The van der Waals surface area contributed by atoms with Gasteiger partial charge in [0.25, 0.3) is 0 Å². The van der Waals surface area contributed by atoms with E-state index in [1.54, 1.807) is 18.3 Å². The summed E-state index contributed by atoms with van der Waals surface area (Å²) in [7, 11) is 0. The van der Waals surface area contributed by atoms with Crippen molar-refractivity contribution in [2.24, 2.45) is 0 Å². The van der Waals surface area contributed by atoms with Gasteiger partial charge in [0.2, 0.25) is 0 Å². The van der Waals surface area contributed by atoms with E-state index in [0.717, 1.165) is 90.0 Å². The molecule has 9 rings (SSSR count). The molecular formula is C59H54N3OPt-. The molecule has 7 aromatic carbocycles. The molecule has 1 N–H and O–H groups in total. The number of hydrogen-bond acceptors (Lipinski definition) is 3. The Morgan fingerprint density at radius 3 is 2.00 bits per heavy atom. The topological polar surface area (TPSA) is 50.9 Å². The first kappa shape index (κ1) is 40.4. The summed E-state index contributed by atoms with van der Waals surface area (Å²) < 4.78 is 25.8. The van der Waals surface area contributed by atoms with Crippen LogP contribution in [0.3, 0.4) is 0 Å². The molecule has 0 fully saturated rings. The molecule has 0 spiro atoms. The molecule has 0 aliphatic rings. The van der Waals surface area contributed by atoms with Gasteiger partial charge in [-0.2, -0.15) is 0 Å². The van der Waals surface area contributed by atoms with Crippen molar-refractivity contribution in [1.29, 1.82) is 0 Å². The summed E-state index contributed by atoms with van der Waals surface area (Å²) in [6.07, 6.45) is 2.77. The summed E-state index contributed by atoms with van der Waals surface area (Å²) >= 11 is 0. The molecule has 4 nitrogen and oxygen atoms in total. The smallest absolute Gasteiger partial charge is 0.148 e. The van der Waals surface area contributed by atoms with Crippen LogP contribution in [-0.4, -0.2) is 19.6 Å². The van der Waals surface area contributed by atoms with Crippen LogP contribution in [0, 0.1) is 19.8 Å². The normalized spacial score (nSPS) is 12.6. The second-order valence-corrected chi connectivity index (χ2v) is 18.3. The Bertz CT molecular complexity index is 3240. The van der Waals surface area contributed by atoms with Crippen LogP contribution in [-0.2, 0) is 31.9 Å². The van der Waals surface area contributed by atoms with Gasteiger partial charge in [0.1, 0.15) is 11.6 Å². The van der Waals surface area contributed by atoms with Crippen LogP contribution in [0.25, 0.3) is 83.9 Å². The summed E-state index contributed by atoms with van der Waals surface area (Å²) in [5.74, 6) is 0.859. The van der Waals surface area contributed by atoms with Gasteiger partial charge in [0, 0.05) is 48.2 Å². The maximum atomic E-state index is 12.3. The average molecular weight is 1020 g/mol. The maximum absolute atomic E-state index is 12.3. The van der Waals surface area contributed by atoms with Gasteiger partial charge in [-0.3, -0.25) is 9.55 Å². The van der Waals surface area contributed by atoms with Crippen LogP contribution >= 0.6 is 0 Å². The van der Waals surface area contributed by atoms with Gasteiger partial charge in [-0.25, -0.2) is 4.98 Å². The van der Waals surface area contributed by atoms with Crippen molar-refractivity contribution in [3.63, 3.8) is 0 Å². The Kier molecular flexibility index (Phi) is 11.2. The van der Waals surface area contributed by atoms with Crippen LogP contribution in [0.5, 0.6) is 5.75 Å². The molecule has 5 heteroatoms. The first-order valence-corrected chi connectivity index (χ1v) is 21.8. The van der Waals surface area contributed by atoms with E-state index in [1.807, 2.05) is 54.6 Å². The van der Waals surface area contributed by atoms with Gasteiger partial charge in [-0.15, -0.1) is 23.8 Å². The molecule has 0 aliphatic carbocycles. The number of pyridine rings is 1. The predicted molar refractivity (Wildman–Crippen MR) is 263 cm³/mol. The number of para-hydroxylation sites is 1. The first-order valence-electron chi connectivity index (χ1n) is 23.3. The zero-order valence-corrected chi connectivity index (χ0v) is 39.7. The Balaban J connectivity index is 0.00000608. The second-order valence-electron chi connectivity index (χ2n) is 18.3. The van der Waals surface area contributed by atoms with E-state index in [9.17, 15) is 5.11 Å². The van der Waals surface area contributed by atoms with Crippen molar-refractivity contribution in [3.8, 4) is 78.6 Å². The van der Waals surface area contributed by atoms with E-state index < -0.39 is 6.85 Å². The zero-order chi connectivity index (χ0) is 46.5. The predicted octanol–water partition coefficient (Wildman–Crippen LogP) is 15.5. The minimum Gasteiger partial charge on any atom is -0.507 e. The van der Waals surface area contributed by atoms with Crippen molar-refractivity contribution >= 4 is 11.0 Å². The number of rotatable bonds is 9. The van der Waals surface area contributed by atoms with Gasteiger partial charge < -0.3 is 5.11 Å². The molecule has 64 heavy (non-hydrogen) atoms. The van der Waals surface area contributed by atoms with Crippen LogP contribution in [0.4, 0.5) is 0 Å². The number of aryl methyl sites for hydroxylation is 2. The molecule has 0 bridgehead atoms. The third kappa shape index (κ3) is 8.52. The minimum atomic E-state index is -2.18. The SMILES string of the molecule is [2H]C([2H])([2H])c1ccc(-c2ccnc(-c3[c-]c(-c4cccc5c4nc(-c4cc(C)cc(C(C)(C)C)c4O)n5-c4ccc(C(C)(C)CC)cc4-c4ccccc4)cc(-c4ccccc4)c3)c2)cc1.[Pt]. The number of imidazole rings is 1. The minimum absolute atomic E-state index is 0. The average Bonchev–Trinajstić information content (AvgIpc) is 3.71. The van der Waals surface area contributed by atoms with Gasteiger partial charge in [-0.1, -0.05) is 179 Å². The quantitative estimate of drug-likeness (QED) is 0.147. The van der Waals surface area contributed by atoms with Crippen LogP contribution in [0.1, 0.15) is 74.3 Å². The molecular weight excluding hydrogens is 962 g/mol. The number of benzene rings is 7. The number of aromatic nitrogens is 3. The molecule has 9 aromatic rings. The largest absolute Gasteiger partial charge is 0.507 e. The van der Waals surface area contributed by atoms with Gasteiger partial charge in [0.15, 0.2) is 0 Å². The number of phenolic OH excluding ortho intramolecular Hbond substituents is 1. The molecule has 0 radical (unpaired) electrons. The number of aromatic hydroxyl groups is 1. The van der Waals surface area contributed by atoms with Gasteiger partial charge >= 0.3 is 0 Å². The summed E-state index contributed by atoms with van der Waals surface area (Å²) in [6, 6.07) is 57.1. The first-order chi connectivity index (χ1) is 31.5. The Morgan fingerprint density at radius 1 is 0.625 bits per heavy atom. The van der Waals surface area contributed by atoms with Crippen molar-refractivity contribution < 1.29 is 30.3 Å². The van der Waals surface area contributed by atoms with Gasteiger partial charge in [0.05, 0.1) is 22.3 Å². The second kappa shape index (κ2) is 17.7. The molecule has 0 saturated carbocycles. The standard InChI is InChI=1S/C59H54N3O.Pt/c1-9-59(7,8)47-27-28-53(49(37-47)42-19-14-11-15-20-42)62-54-22-16-21-48(55(54)61-57(62)50-31-39(3)32-51(56(50)63)58(4,5)6)45-33-44(40-17-12-10-13-18-40)34-46(35-45)52-36-43(29-30-60-52)41-25-23-38(2)24-26-41;/h10-34,36-37,63H,9H2,1-8H3;/q-1;/i2D3;. The zero-order valence-electron chi connectivity index (χ0n) is 40.4. The molecule has 322 valence electrons. The fourth-order valence-corrected chi connectivity index (χ4v) is 8.54. The number of nitrogens with zero attached hydrogens (tertiary/aromatic N) is 3. The van der Waals surface area contributed by atoms with Crippen LogP contribution in [0.2, 0.25) is 0 Å². The molecule has 2 aromatic heterocycles. The van der Waals surface area contributed by atoms with Crippen LogP contribution in [0.15, 0.2) is 164 Å². The summed E-state index contributed by atoms with van der Waals surface area (Å²) in [5, 5.41) is 12.3. The fraction of sp³-hybridized carbons (Fsp3) is 0.186.